The van der Waals surface area contributed by atoms with E-state index in [-0.39, 0.29) is 6.10 Å². The molecule has 0 amide bonds. The molecule has 21 heavy (non-hydrogen) atoms. The number of hydrogen-bond donors (Lipinski definition) is 1. The molecular weight excluding hydrogens is 282 g/mol. The van der Waals surface area contributed by atoms with Gasteiger partial charge in [0, 0.05) is 18.3 Å². The zero-order valence-corrected chi connectivity index (χ0v) is 14.2. The summed E-state index contributed by atoms with van der Waals surface area (Å²) < 4.78 is 11.2. The van der Waals surface area contributed by atoms with Gasteiger partial charge in [0.25, 0.3) is 0 Å². The lowest BCUT2D eigenvalue weighted by Gasteiger charge is -2.21. The summed E-state index contributed by atoms with van der Waals surface area (Å²) >= 11 is 2.11. The number of ether oxygens (including phenoxy) is 2. The van der Waals surface area contributed by atoms with Crippen molar-refractivity contribution in [1.29, 1.82) is 0 Å². The third-order valence-electron chi connectivity index (χ3n) is 3.57. The second-order valence-electron chi connectivity index (χ2n) is 5.77. The van der Waals surface area contributed by atoms with Gasteiger partial charge in [0.2, 0.25) is 0 Å². The summed E-state index contributed by atoms with van der Waals surface area (Å²) in [6.45, 7) is 6.03. The first-order valence-corrected chi connectivity index (χ1v) is 8.90. The van der Waals surface area contributed by atoms with Crippen LogP contribution in [0.3, 0.4) is 0 Å². The minimum absolute atomic E-state index is 0.159. The summed E-state index contributed by atoms with van der Waals surface area (Å²) in [6, 6.07) is 6.19. The third-order valence-corrected chi connectivity index (χ3v) is 4.96. The van der Waals surface area contributed by atoms with Crippen LogP contribution in [-0.2, 0) is 6.54 Å². The van der Waals surface area contributed by atoms with Gasteiger partial charge < -0.3 is 14.8 Å². The van der Waals surface area contributed by atoms with Crippen LogP contribution in [0.1, 0.15) is 38.7 Å². The van der Waals surface area contributed by atoms with Crippen LogP contribution in [0.15, 0.2) is 18.2 Å². The van der Waals surface area contributed by atoms with Gasteiger partial charge in [-0.05, 0) is 50.1 Å². The second kappa shape index (κ2) is 8.54. The van der Waals surface area contributed by atoms with Crippen LogP contribution in [0.4, 0.5) is 0 Å². The molecule has 1 aliphatic rings. The number of methoxy groups -OCH3 is 1. The van der Waals surface area contributed by atoms with Gasteiger partial charge in [-0.25, -0.2) is 0 Å². The van der Waals surface area contributed by atoms with Crippen LogP contribution in [0.2, 0.25) is 0 Å². The number of nitrogens with one attached hydrogen (secondary N) is 1. The Kier molecular flexibility index (Phi) is 6.71. The topological polar surface area (TPSA) is 30.5 Å². The maximum atomic E-state index is 5.74. The van der Waals surface area contributed by atoms with Crippen molar-refractivity contribution in [1.82, 2.24) is 5.32 Å². The van der Waals surface area contributed by atoms with Crippen LogP contribution in [-0.4, -0.2) is 30.8 Å². The molecule has 0 aliphatic carbocycles. The summed E-state index contributed by atoms with van der Waals surface area (Å²) in [5.74, 6) is 2.95. The van der Waals surface area contributed by atoms with Gasteiger partial charge in [0.15, 0.2) is 11.5 Å². The molecule has 0 saturated carbocycles. The average Bonchev–Trinajstić information content (AvgIpc) is 2.49. The van der Waals surface area contributed by atoms with Gasteiger partial charge in [0.1, 0.15) is 0 Å². The van der Waals surface area contributed by atoms with Crippen LogP contribution < -0.4 is 14.8 Å². The second-order valence-corrected chi connectivity index (χ2v) is 7.18. The molecule has 1 fully saturated rings. The lowest BCUT2D eigenvalue weighted by Crippen LogP contribution is -2.26. The van der Waals surface area contributed by atoms with E-state index in [2.05, 4.69) is 29.2 Å². The van der Waals surface area contributed by atoms with Crippen molar-refractivity contribution in [2.24, 2.45) is 0 Å². The molecule has 0 aromatic heterocycles. The minimum Gasteiger partial charge on any atom is -0.493 e. The highest BCUT2D eigenvalue weighted by Crippen LogP contribution is 2.29. The zero-order chi connectivity index (χ0) is 15.1. The summed E-state index contributed by atoms with van der Waals surface area (Å²) in [4.78, 5) is 0. The molecule has 1 aromatic carbocycles. The molecule has 1 atom stereocenters. The van der Waals surface area contributed by atoms with Crippen molar-refractivity contribution in [3.8, 4) is 11.5 Å². The Morgan fingerprint density at radius 3 is 2.81 bits per heavy atom. The van der Waals surface area contributed by atoms with Crippen LogP contribution >= 0.6 is 11.8 Å². The highest BCUT2D eigenvalue weighted by Gasteiger charge is 2.13. The SMILES string of the molecule is COc1cc(CNCC2CCCCS2)ccc1OC(C)C. The molecule has 1 N–H and O–H groups in total. The van der Waals surface area contributed by atoms with Crippen molar-refractivity contribution in [3.05, 3.63) is 23.8 Å². The fourth-order valence-electron chi connectivity index (χ4n) is 2.52. The largest absolute Gasteiger partial charge is 0.493 e. The van der Waals surface area contributed by atoms with Gasteiger partial charge in [0.05, 0.1) is 13.2 Å². The maximum absolute atomic E-state index is 5.74. The molecule has 0 bridgehead atoms. The predicted molar refractivity (Wildman–Crippen MR) is 90.6 cm³/mol. The van der Waals surface area contributed by atoms with E-state index in [4.69, 9.17) is 9.47 Å². The zero-order valence-electron chi connectivity index (χ0n) is 13.4. The van der Waals surface area contributed by atoms with Gasteiger partial charge >= 0.3 is 0 Å². The molecule has 0 spiro atoms. The molecule has 1 unspecified atom stereocenters. The smallest absolute Gasteiger partial charge is 0.161 e. The summed E-state index contributed by atoms with van der Waals surface area (Å²) in [5.41, 5.74) is 1.24. The van der Waals surface area contributed by atoms with E-state index in [1.165, 1.54) is 30.6 Å². The quantitative estimate of drug-likeness (QED) is 0.828. The first kappa shape index (κ1) is 16.5. The number of thioether (sulfide) groups is 1. The Bertz CT molecular complexity index is 431. The van der Waals surface area contributed by atoms with Gasteiger partial charge in [-0.15, -0.1) is 0 Å². The normalized spacial score (nSPS) is 18.8. The molecule has 1 saturated heterocycles. The fraction of sp³-hybridized carbons (Fsp3) is 0.647. The number of hydrogen-bond acceptors (Lipinski definition) is 4. The standard InChI is InChI=1S/C17H27NO2S/c1-13(2)20-16-8-7-14(10-17(16)19-3)11-18-12-15-6-4-5-9-21-15/h7-8,10,13,15,18H,4-6,9,11-12H2,1-3H3. The molecule has 1 aliphatic heterocycles. The molecule has 2 rings (SSSR count). The van der Waals surface area contributed by atoms with Crippen molar-refractivity contribution < 1.29 is 9.47 Å². The highest BCUT2D eigenvalue weighted by atomic mass is 32.2. The molecule has 118 valence electrons. The first-order chi connectivity index (χ1) is 10.2. The predicted octanol–water partition coefficient (Wildman–Crippen LogP) is 3.86. The first-order valence-electron chi connectivity index (χ1n) is 7.85. The van der Waals surface area contributed by atoms with Crippen LogP contribution in [0, 0.1) is 0 Å². The Morgan fingerprint density at radius 2 is 2.14 bits per heavy atom. The lowest BCUT2D eigenvalue weighted by atomic mass is 10.1. The number of benzene rings is 1. The molecule has 4 heteroatoms. The molecule has 1 aromatic rings. The molecule has 1 heterocycles. The van der Waals surface area contributed by atoms with E-state index >= 15 is 0 Å². The van der Waals surface area contributed by atoms with E-state index in [9.17, 15) is 0 Å². The number of rotatable bonds is 7. The van der Waals surface area contributed by atoms with E-state index in [0.29, 0.717) is 0 Å². The monoisotopic (exact) mass is 309 g/mol. The van der Waals surface area contributed by atoms with Gasteiger partial charge in [-0.2, -0.15) is 11.8 Å². The average molecular weight is 309 g/mol. The third kappa shape index (κ3) is 5.44. The van der Waals surface area contributed by atoms with Crippen LogP contribution in [0.25, 0.3) is 0 Å². The van der Waals surface area contributed by atoms with Crippen LogP contribution in [0.5, 0.6) is 11.5 Å². The molecule has 0 radical (unpaired) electrons. The maximum Gasteiger partial charge on any atom is 0.161 e. The molecule has 3 nitrogen and oxygen atoms in total. The van der Waals surface area contributed by atoms with Crippen molar-refractivity contribution in [2.45, 2.75) is 51.0 Å². The minimum atomic E-state index is 0.159. The summed E-state index contributed by atoms with van der Waals surface area (Å²) in [5, 5.41) is 4.35. The molecular formula is C17H27NO2S. The fourth-order valence-corrected chi connectivity index (χ4v) is 3.79. The Hall–Kier alpha value is -0.870. The van der Waals surface area contributed by atoms with Crippen molar-refractivity contribution >= 4 is 11.8 Å². The van der Waals surface area contributed by atoms with E-state index in [0.717, 1.165) is 29.8 Å². The van der Waals surface area contributed by atoms with Gasteiger partial charge in [-0.1, -0.05) is 12.5 Å². The Labute approximate surface area is 132 Å². The lowest BCUT2D eigenvalue weighted by molar-refractivity contribution is 0.230. The summed E-state index contributed by atoms with van der Waals surface area (Å²) in [6.07, 6.45) is 4.28. The van der Waals surface area contributed by atoms with Crippen molar-refractivity contribution in [3.63, 3.8) is 0 Å². The highest BCUT2D eigenvalue weighted by molar-refractivity contribution is 7.99. The van der Waals surface area contributed by atoms with E-state index < -0.39 is 0 Å². The Balaban J connectivity index is 1.85. The van der Waals surface area contributed by atoms with E-state index in [1.54, 1.807) is 7.11 Å². The van der Waals surface area contributed by atoms with Crippen molar-refractivity contribution in [2.75, 3.05) is 19.4 Å². The Morgan fingerprint density at radius 1 is 1.29 bits per heavy atom. The van der Waals surface area contributed by atoms with E-state index in [1.807, 2.05) is 19.9 Å². The summed E-state index contributed by atoms with van der Waals surface area (Å²) in [7, 11) is 1.69. The van der Waals surface area contributed by atoms with Gasteiger partial charge in [-0.3, -0.25) is 0 Å².